The first-order valence-corrected chi connectivity index (χ1v) is 26.5. The summed E-state index contributed by atoms with van der Waals surface area (Å²) in [6, 6.07) is -1.56. The molecule has 0 fully saturated rings. The molecule has 0 saturated heterocycles. The maximum absolute atomic E-state index is 12.4. The minimum absolute atomic E-state index is 0.121. The number of aliphatic hydroxyl groups is 1. The van der Waals surface area contributed by atoms with Crippen LogP contribution in [0.25, 0.3) is 0 Å². The molecular weight excluding hydrogens is 830 g/mol. The summed E-state index contributed by atoms with van der Waals surface area (Å²) in [6.45, 7) is 2.53. The number of amides is 1. The fourth-order valence-electron chi connectivity index (χ4n) is 6.56. The van der Waals surface area contributed by atoms with E-state index in [2.05, 4.69) is 92.1 Å². The standard InChI is InChI=1S/C52H90NO10P/c1-3-5-7-9-11-13-15-17-19-21-23-24-26-27-29-31-33-35-37-39-41-43-50(55)53-49(52(57)58)47-63-64(59,60)62-46-48(54)45-61-51(56)44-42-40-38-36-34-32-30-28-25-22-20-18-16-14-12-10-8-6-4-2/h11-14,17-20,23-24,27,29,48-49,54H,3-10,15-16,21-22,25-26,28,30-47H2,1-2H3,(H,53,55)(H,57,58)(H,59,60)/b13-11-,14-12-,19-17-,20-18-,24-23-,29-27-. The maximum atomic E-state index is 12.4. The Morgan fingerprint density at radius 2 is 0.859 bits per heavy atom. The van der Waals surface area contributed by atoms with Crippen LogP contribution in [0, 0.1) is 0 Å². The summed E-state index contributed by atoms with van der Waals surface area (Å²) in [5, 5.41) is 21.9. The minimum atomic E-state index is -4.77. The number of esters is 1. The molecule has 0 bridgehead atoms. The van der Waals surface area contributed by atoms with Crippen LogP contribution in [0.3, 0.4) is 0 Å². The van der Waals surface area contributed by atoms with Crippen molar-refractivity contribution in [2.24, 2.45) is 0 Å². The number of carboxylic acid groups (broad SMARTS) is 1. The predicted octanol–water partition coefficient (Wildman–Crippen LogP) is 13.7. The first-order chi connectivity index (χ1) is 31.1. The van der Waals surface area contributed by atoms with Crippen molar-refractivity contribution in [1.29, 1.82) is 0 Å². The number of unbranched alkanes of at least 4 members (excludes halogenated alkanes) is 20. The van der Waals surface area contributed by atoms with Gasteiger partial charge in [-0.25, -0.2) is 9.36 Å². The van der Waals surface area contributed by atoms with E-state index in [0.29, 0.717) is 12.8 Å². The van der Waals surface area contributed by atoms with E-state index in [4.69, 9.17) is 13.8 Å². The van der Waals surface area contributed by atoms with E-state index < -0.39 is 57.6 Å². The molecular formula is C52H90NO10P. The number of carbonyl (C=O) groups excluding carboxylic acids is 2. The Bertz CT molecular complexity index is 1360. The lowest BCUT2D eigenvalue weighted by molar-refractivity contribution is -0.147. The monoisotopic (exact) mass is 920 g/mol. The number of hydrogen-bond acceptors (Lipinski definition) is 8. The zero-order valence-electron chi connectivity index (χ0n) is 40.1. The molecule has 11 nitrogen and oxygen atoms in total. The van der Waals surface area contributed by atoms with Gasteiger partial charge in [-0.2, -0.15) is 0 Å². The lowest BCUT2D eigenvalue weighted by atomic mass is 10.1. The average Bonchev–Trinajstić information content (AvgIpc) is 3.27. The number of rotatable bonds is 46. The number of ether oxygens (including phenoxy) is 1. The minimum Gasteiger partial charge on any atom is -0.480 e. The van der Waals surface area contributed by atoms with Crippen molar-refractivity contribution in [3.8, 4) is 0 Å². The maximum Gasteiger partial charge on any atom is 0.472 e. The van der Waals surface area contributed by atoms with Crippen LogP contribution in [0.1, 0.15) is 206 Å². The molecule has 12 heteroatoms. The summed E-state index contributed by atoms with van der Waals surface area (Å²) in [5.41, 5.74) is 0. The molecule has 0 aliphatic rings. The van der Waals surface area contributed by atoms with Gasteiger partial charge >= 0.3 is 19.8 Å². The van der Waals surface area contributed by atoms with Gasteiger partial charge in [-0.15, -0.1) is 0 Å². The van der Waals surface area contributed by atoms with Gasteiger partial charge in [0.1, 0.15) is 12.7 Å². The van der Waals surface area contributed by atoms with Crippen LogP contribution >= 0.6 is 7.82 Å². The number of aliphatic carboxylic acids is 1. The Balaban J connectivity index is 3.90. The Kier molecular flexibility index (Phi) is 44.2. The van der Waals surface area contributed by atoms with Crippen LogP contribution in [0.5, 0.6) is 0 Å². The highest BCUT2D eigenvalue weighted by atomic mass is 31.2. The van der Waals surface area contributed by atoms with E-state index >= 15 is 0 Å². The van der Waals surface area contributed by atoms with E-state index in [1.54, 1.807) is 0 Å². The highest BCUT2D eigenvalue weighted by Gasteiger charge is 2.28. The van der Waals surface area contributed by atoms with Crippen molar-refractivity contribution < 1.29 is 47.8 Å². The number of carboxylic acids is 1. The van der Waals surface area contributed by atoms with E-state index in [1.165, 1.54) is 83.5 Å². The second-order valence-corrected chi connectivity index (χ2v) is 18.1. The molecule has 64 heavy (non-hydrogen) atoms. The molecule has 3 atom stereocenters. The van der Waals surface area contributed by atoms with E-state index in [-0.39, 0.29) is 12.8 Å². The third kappa shape index (κ3) is 45.5. The topological polar surface area (TPSA) is 169 Å². The lowest BCUT2D eigenvalue weighted by Crippen LogP contribution is -2.43. The second kappa shape index (κ2) is 46.4. The molecule has 4 N–H and O–H groups in total. The normalized spacial score (nSPS) is 14.2. The number of nitrogens with one attached hydrogen (secondary N) is 1. The molecule has 3 unspecified atom stereocenters. The molecule has 1 amide bonds. The zero-order chi connectivity index (χ0) is 47.0. The summed E-state index contributed by atoms with van der Waals surface area (Å²) in [7, 11) is -4.77. The molecule has 0 aliphatic carbocycles. The fraction of sp³-hybridized carbons (Fsp3) is 0.712. The molecule has 0 radical (unpaired) electrons. The quantitative estimate of drug-likeness (QED) is 0.0200. The summed E-state index contributed by atoms with van der Waals surface area (Å²) in [5.74, 6) is -2.41. The van der Waals surface area contributed by atoms with Gasteiger partial charge in [0.15, 0.2) is 6.04 Å². The van der Waals surface area contributed by atoms with Crippen molar-refractivity contribution >= 4 is 25.7 Å². The number of aliphatic hydroxyl groups excluding tert-OH is 1. The Hall–Kier alpha value is -3.08. The van der Waals surface area contributed by atoms with Gasteiger partial charge in [-0.05, 0) is 89.9 Å². The first kappa shape index (κ1) is 60.9. The molecule has 0 aromatic heterocycles. The summed E-state index contributed by atoms with van der Waals surface area (Å²) in [6.07, 6.45) is 56.3. The number of allylic oxidation sites excluding steroid dienone is 12. The van der Waals surface area contributed by atoms with E-state index in [0.717, 1.165) is 83.5 Å². The highest BCUT2D eigenvalue weighted by molar-refractivity contribution is 7.47. The first-order valence-electron chi connectivity index (χ1n) is 25.0. The van der Waals surface area contributed by atoms with Gasteiger partial charge in [0.2, 0.25) is 5.91 Å². The number of carbonyl (C=O) groups is 3. The van der Waals surface area contributed by atoms with Crippen LogP contribution < -0.4 is 5.32 Å². The molecule has 0 aromatic carbocycles. The SMILES string of the molecule is CCCCC/C=C\C/C=C\C/C=C\C/C=C\CCCCCCCC(=O)NC(COP(=O)(O)OCC(O)COC(=O)CCCCCCCCCCC/C=C\C/C=C\CCCCC)C(=O)O. The van der Waals surface area contributed by atoms with Gasteiger partial charge in [0, 0.05) is 12.8 Å². The largest absolute Gasteiger partial charge is 0.480 e. The van der Waals surface area contributed by atoms with E-state index in [1.807, 2.05) is 0 Å². The Morgan fingerprint density at radius 1 is 0.500 bits per heavy atom. The average molecular weight is 920 g/mol. The van der Waals surface area contributed by atoms with Crippen LogP contribution in [0.4, 0.5) is 0 Å². The Morgan fingerprint density at radius 3 is 1.28 bits per heavy atom. The third-order valence-electron chi connectivity index (χ3n) is 10.5. The van der Waals surface area contributed by atoms with Crippen LogP contribution in [-0.4, -0.2) is 64.9 Å². The molecule has 0 aliphatic heterocycles. The van der Waals surface area contributed by atoms with Crippen LogP contribution in [0.15, 0.2) is 72.9 Å². The fourth-order valence-corrected chi connectivity index (χ4v) is 7.34. The molecule has 0 saturated carbocycles. The predicted molar refractivity (Wildman–Crippen MR) is 263 cm³/mol. The van der Waals surface area contributed by atoms with Gasteiger partial charge in [0.25, 0.3) is 0 Å². The summed E-state index contributed by atoms with van der Waals surface area (Å²) < 4.78 is 26.9. The molecule has 0 aromatic rings. The van der Waals surface area contributed by atoms with Crippen LogP contribution in [0.2, 0.25) is 0 Å². The molecule has 0 rings (SSSR count). The number of phosphoric ester groups is 1. The molecule has 0 heterocycles. The smallest absolute Gasteiger partial charge is 0.472 e. The number of phosphoric acid groups is 1. The Labute approximate surface area is 389 Å². The van der Waals surface area contributed by atoms with Crippen molar-refractivity contribution in [3.63, 3.8) is 0 Å². The summed E-state index contributed by atoms with van der Waals surface area (Å²) >= 11 is 0. The molecule has 0 spiro atoms. The van der Waals surface area contributed by atoms with Gasteiger partial charge in [0.05, 0.1) is 13.2 Å². The van der Waals surface area contributed by atoms with Crippen molar-refractivity contribution in [2.45, 2.75) is 219 Å². The summed E-state index contributed by atoms with van der Waals surface area (Å²) in [4.78, 5) is 46.1. The lowest BCUT2D eigenvalue weighted by Gasteiger charge is -2.18. The van der Waals surface area contributed by atoms with Gasteiger partial charge in [-0.1, -0.05) is 177 Å². The van der Waals surface area contributed by atoms with Crippen molar-refractivity contribution in [3.05, 3.63) is 72.9 Å². The highest BCUT2D eigenvalue weighted by Crippen LogP contribution is 2.43. The van der Waals surface area contributed by atoms with E-state index in [9.17, 15) is 34.1 Å². The third-order valence-corrected chi connectivity index (χ3v) is 11.4. The van der Waals surface area contributed by atoms with Crippen molar-refractivity contribution in [1.82, 2.24) is 5.32 Å². The second-order valence-electron chi connectivity index (χ2n) is 16.6. The number of hydrogen-bond donors (Lipinski definition) is 4. The zero-order valence-corrected chi connectivity index (χ0v) is 41.0. The van der Waals surface area contributed by atoms with Gasteiger partial charge in [-0.3, -0.25) is 18.6 Å². The van der Waals surface area contributed by atoms with Crippen molar-refractivity contribution in [2.75, 3.05) is 19.8 Å². The molecule has 368 valence electrons. The van der Waals surface area contributed by atoms with Crippen LogP contribution in [-0.2, 0) is 32.7 Å². The van der Waals surface area contributed by atoms with Gasteiger partial charge < -0.3 is 25.2 Å².